The molecule has 2 saturated carbocycles. The van der Waals surface area contributed by atoms with Gasteiger partial charge in [-0.15, -0.1) is 16.8 Å². The van der Waals surface area contributed by atoms with Crippen LogP contribution in [0.25, 0.3) is 17.5 Å². The van der Waals surface area contributed by atoms with Crippen molar-refractivity contribution < 1.29 is 32.3 Å². The quantitative estimate of drug-likeness (QED) is 0.373. The van der Waals surface area contributed by atoms with Crippen molar-refractivity contribution in [3.63, 3.8) is 0 Å². The third kappa shape index (κ3) is 7.70. The number of hydrogen-bond acceptors (Lipinski definition) is 10. The molecule has 3 heterocycles. The summed E-state index contributed by atoms with van der Waals surface area (Å²) < 4.78 is 33.1. The number of tetrazole rings is 1. The number of rotatable bonds is 6. The van der Waals surface area contributed by atoms with Crippen molar-refractivity contribution in [2.75, 3.05) is 13.2 Å². The van der Waals surface area contributed by atoms with Crippen LogP contribution in [0, 0.1) is 16.7 Å². The molecule has 4 aliphatic rings. The standard InChI is InChI=1S/C35H46N8O7S/c1-7-23-18-35(23,31(46)40-51(48,49)25-13-14-25)37-29(44)26-17-24-19-42(26)30(45)27(33(2,3)4)36-32(47)50-20-34(5,6)15-9-11-21-10-8-12-22(16-21)28-38-41-43(24)39-28/h7-12,16,23-27H,1,13-15,17-20H2,2-6H3,(H,36,47)(H,37,44)(H,40,46)/b11-9+/t23-,24+,26-,27-,35-/m0/s1. The Kier molecular flexibility index (Phi) is 9.36. The Labute approximate surface area is 297 Å². The van der Waals surface area contributed by atoms with Gasteiger partial charge >= 0.3 is 6.09 Å². The Hall–Kier alpha value is -4.60. The van der Waals surface area contributed by atoms with E-state index < -0.39 is 79.5 Å². The number of carbonyl (C=O) groups is 4. The first-order valence-corrected chi connectivity index (χ1v) is 18.8. The van der Waals surface area contributed by atoms with Crippen molar-refractivity contribution in [3.05, 3.63) is 48.6 Å². The Morgan fingerprint density at radius 1 is 1.18 bits per heavy atom. The van der Waals surface area contributed by atoms with Gasteiger partial charge in [0.25, 0.3) is 5.91 Å². The first-order valence-electron chi connectivity index (χ1n) is 17.2. The first-order chi connectivity index (χ1) is 23.9. The predicted molar refractivity (Wildman–Crippen MR) is 187 cm³/mol. The molecule has 1 saturated heterocycles. The summed E-state index contributed by atoms with van der Waals surface area (Å²) in [7, 11) is -3.89. The number of aromatic nitrogens is 4. The molecule has 2 aliphatic carbocycles. The molecular formula is C35H46N8O7S. The topological polar surface area (TPSA) is 195 Å². The fourth-order valence-electron chi connectivity index (χ4n) is 6.58. The number of benzene rings is 1. The molecule has 0 spiro atoms. The maximum atomic E-state index is 14.5. The summed E-state index contributed by atoms with van der Waals surface area (Å²) in [6.45, 7) is 13.2. The highest BCUT2D eigenvalue weighted by molar-refractivity contribution is 7.91. The van der Waals surface area contributed by atoms with Gasteiger partial charge < -0.3 is 20.3 Å². The highest BCUT2D eigenvalue weighted by atomic mass is 32.2. The maximum absolute atomic E-state index is 14.5. The van der Waals surface area contributed by atoms with E-state index >= 15 is 0 Å². The zero-order valence-electron chi connectivity index (χ0n) is 29.6. The molecule has 1 aromatic carbocycles. The lowest BCUT2D eigenvalue weighted by Gasteiger charge is -2.35. The molecular weight excluding hydrogens is 677 g/mol. The van der Waals surface area contributed by atoms with E-state index in [1.54, 1.807) is 20.8 Å². The summed E-state index contributed by atoms with van der Waals surface area (Å²) in [6.07, 6.45) is 6.44. The summed E-state index contributed by atoms with van der Waals surface area (Å²) in [4.78, 5) is 58.1. The molecule has 0 unspecified atom stereocenters. The molecule has 51 heavy (non-hydrogen) atoms. The normalized spacial score (nSPS) is 28.6. The van der Waals surface area contributed by atoms with Crippen LogP contribution in [0.2, 0.25) is 0 Å². The van der Waals surface area contributed by atoms with E-state index in [0.29, 0.717) is 25.1 Å². The molecule has 0 radical (unpaired) electrons. The molecule has 2 aromatic rings. The number of fused-ring (bicyclic) bond motifs is 8. The number of allylic oxidation sites excluding steroid dienone is 1. The molecule has 15 nitrogen and oxygen atoms in total. The van der Waals surface area contributed by atoms with Crippen molar-refractivity contribution in [1.82, 2.24) is 40.5 Å². The maximum Gasteiger partial charge on any atom is 0.407 e. The third-order valence-electron chi connectivity index (χ3n) is 9.96. The Morgan fingerprint density at radius 3 is 2.59 bits per heavy atom. The van der Waals surface area contributed by atoms with Gasteiger partial charge in [-0.3, -0.25) is 19.1 Å². The molecule has 16 heteroatoms. The molecule has 6 bridgehead atoms. The summed E-state index contributed by atoms with van der Waals surface area (Å²) in [5, 5.41) is 18.1. The molecule has 4 amide bonds. The van der Waals surface area contributed by atoms with Crippen LogP contribution >= 0.6 is 0 Å². The van der Waals surface area contributed by atoms with E-state index in [4.69, 9.17) is 4.74 Å². The van der Waals surface area contributed by atoms with Crippen LogP contribution in [0.1, 0.15) is 78.3 Å². The number of alkyl carbamates (subject to hydrolysis) is 1. The number of amides is 4. The van der Waals surface area contributed by atoms with Gasteiger partial charge in [0, 0.05) is 29.9 Å². The smallest absolute Gasteiger partial charge is 0.407 e. The number of sulfonamides is 1. The van der Waals surface area contributed by atoms with E-state index in [1.165, 1.54) is 15.8 Å². The van der Waals surface area contributed by atoms with Crippen molar-refractivity contribution in [2.24, 2.45) is 16.7 Å². The number of cyclic esters (lactones) is 1. The van der Waals surface area contributed by atoms with Crippen LogP contribution in [0.5, 0.6) is 0 Å². The number of ether oxygens (including phenoxy) is 1. The molecule has 1 aromatic heterocycles. The van der Waals surface area contributed by atoms with Crippen molar-refractivity contribution in [2.45, 2.75) is 95.6 Å². The van der Waals surface area contributed by atoms with Crippen molar-refractivity contribution in [3.8, 4) is 11.4 Å². The lowest BCUT2D eigenvalue weighted by molar-refractivity contribution is -0.142. The fourth-order valence-corrected chi connectivity index (χ4v) is 7.94. The van der Waals surface area contributed by atoms with Gasteiger partial charge in [0.05, 0.1) is 17.9 Å². The predicted octanol–water partition coefficient (Wildman–Crippen LogP) is 2.74. The SMILES string of the molecule is C=C[C@H]1C[C@@]1(NC(=O)[C@@H]1C[C@@H]2CN1C(=O)[C@@H](C(C)(C)C)NC(=O)OCC(C)(C)C/C=C/c1cccc(c1)-c1nnn2n1)C(=O)NS(=O)(=O)C1CC1. The highest BCUT2D eigenvalue weighted by Crippen LogP contribution is 2.46. The Morgan fingerprint density at radius 2 is 1.92 bits per heavy atom. The summed E-state index contributed by atoms with van der Waals surface area (Å²) in [6, 6.07) is 4.79. The molecule has 3 N–H and O–H groups in total. The zero-order chi connectivity index (χ0) is 36.9. The van der Waals surface area contributed by atoms with Gasteiger partial charge in [-0.1, -0.05) is 71.0 Å². The number of hydrogen-bond donors (Lipinski definition) is 3. The van der Waals surface area contributed by atoms with Crippen molar-refractivity contribution >= 4 is 39.9 Å². The van der Waals surface area contributed by atoms with Crippen LogP contribution in [0.15, 0.2) is 43.0 Å². The first kappa shape index (κ1) is 36.2. The second-order valence-corrected chi connectivity index (χ2v) is 17.9. The van der Waals surface area contributed by atoms with Gasteiger partial charge in [-0.25, -0.2) is 13.2 Å². The number of nitrogens with one attached hydrogen (secondary N) is 3. The van der Waals surface area contributed by atoms with Gasteiger partial charge in [0.1, 0.15) is 17.6 Å². The summed E-state index contributed by atoms with van der Waals surface area (Å²) >= 11 is 0. The van der Waals surface area contributed by atoms with Gasteiger partial charge in [-0.05, 0) is 47.9 Å². The zero-order valence-corrected chi connectivity index (χ0v) is 30.4. The average Bonchev–Trinajstić information content (AvgIpc) is 3.94. The second-order valence-electron chi connectivity index (χ2n) is 15.9. The van der Waals surface area contributed by atoms with Crippen LogP contribution < -0.4 is 15.4 Å². The van der Waals surface area contributed by atoms with E-state index in [0.717, 1.165) is 11.1 Å². The molecule has 274 valence electrons. The Bertz CT molecular complexity index is 1880. The average molecular weight is 723 g/mol. The monoisotopic (exact) mass is 722 g/mol. The van der Waals surface area contributed by atoms with Crippen molar-refractivity contribution in [1.29, 1.82) is 0 Å². The van der Waals surface area contributed by atoms with E-state index in [-0.39, 0.29) is 26.0 Å². The minimum absolute atomic E-state index is 0.00796. The third-order valence-corrected chi connectivity index (χ3v) is 11.8. The van der Waals surface area contributed by atoms with Crippen LogP contribution in [-0.2, 0) is 29.1 Å². The summed E-state index contributed by atoms with van der Waals surface area (Å²) in [5.41, 5.74) is -1.13. The molecule has 6 rings (SSSR count). The number of nitrogens with zero attached hydrogens (tertiary/aromatic N) is 5. The van der Waals surface area contributed by atoms with E-state index in [2.05, 4.69) is 37.3 Å². The fraction of sp³-hybridized carbons (Fsp3) is 0.571. The van der Waals surface area contributed by atoms with Crippen LogP contribution in [0.3, 0.4) is 0 Å². The van der Waals surface area contributed by atoms with Gasteiger partial charge in [0.15, 0.2) is 0 Å². The molecule has 2 aliphatic heterocycles. The molecule has 5 atom stereocenters. The lowest BCUT2D eigenvalue weighted by atomic mass is 9.85. The molecule has 3 fully saturated rings. The summed E-state index contributed by atoms with van der Waals surface area (Å²) in [5.74, 6) is -2.19. The van der Waals surface area contributed by atoms with Gasteiger partial charge in [0.2, 0.25) is 27.7 Å². The highest BCUT2D eigenvalue weighted by Gasteiger charge is 2.62. The Balaban J connectivity index is 1.34. The van der Waals surface area contributed by atoms with Crippen LogP contribution in [-0.4, -0.2) is 93.4 Å². The van der Waals surface area contributed by atoms with E-state index in [1.807, 2.05) is 50.3 Å². The van der Waals surface area contributed by atoms with Crippen LogP contribution in [0.4, 0.5) is 4.79 Å². The number of carbonyl (C=O) groups excluding carboxylic acids is 4. The second kappa shape index (κ2) is 13.2. The largest absolute Gasteiger partial charge is 0.449 e. The minimum Gasteiger partial charge on any atom is -0.449 e. The van der Waals surface area contributed by atoms with E-state index in [9.17, 15) is 27.6 Å². The minimum atomic E-state index is -3.89. The lowest BCUT2D eigenvalue weighted by Crippen LogP contribution is -2.60. The van der Waals surface area contributed by atoms with Gasteiger partial charge in [-0.2, -0.15) is 4.80 Å².